The number of nitrogens with one attached hydrogen (secondary N) is 1. The molecule has 4 rings (SSSR count). The molecule has 10 heteroatoms. The van der Waals surface area contributed by atoms with Crippen molar-refractivity contribution in [2.75, 3.05) is 18.9 Å². The summed E-state index contributed by atoms with van der Waals surface area (Å²) >= 11 is 2.42. The first-order valence-corrected chi connectivity index (χ1v) is 10.3. The van der Waals surface area contributed by atoms with E-state index in [4.69, 9.17) is 5.84 Å². The predicted octanol–water partition coefficient (Wildman–Crippen LogP) is 1.87. The van der Waals surface area contributed by atoms with E-state index in [0.29, 0.717) is 23.3 Å². The fourth-order valence-electron chi connectivity index (χ4n) is 3.01. The number of amides is 3. The molecule has 0 bridgehead atoms. The molecule has 0 saturated carbocycles. The molecule has 1 aromatic carbocycles. The summed E-state index contributed by atoms with van der Waals surface area (Å²) in [4.78, 5) is 43.3. The molecule has 0 spiro atoms. The van der Waals surface area contributed by atoms with Crippen LogP contribution in [0.3, 0.4) is 0 Å². The molecule has 1 aliphatic rings. The van der Waals surface area contributed by atoms with Gasteiger partial charge in [0.15, 0.2) is 5.16 Å². The molecule has 8 nitrogen and oxygen atoms in total. The first-order chi connectivity index (χ1) is 13.5. The Labute approximate surface area is 168 Å². The van der Waals surface area contributed by atoms with Gasteiger partial charge in [0.2, 0.25) is 5.91 Å². The van der Waals surface area contributed by atoms with Crippen molar-refractivity contribution in [3.63, 3.8) is 0 Å². The quantitative estimate of drug-likeness (QED) is 0.382. The van der Waals surface area contributed by atoms with E-state index in [1.807, 2.05) is 35.7 Å². The Morgan fingerprint density at radius 2 is 2.07 bits per heavy atom. The van der Waals surface area contributed by atoms with E-state index in [0.717, 1.165) is 32.5 Å². The second kappa shape index (κ2) is 7.28. The van der Waals surface area contributed by atoms with Crippen LogP contribution < -0.4 is 16.7 Å². The minimum Gasteiger partial charge on any atom is -0.336 e. The molecular weight excluding hydrogens is 398 g/mol. The molecule has 3 aromatic rings. The Morgan fingerprint density at radius 3 is 2.75 bits per heavy atom. The molecule has 1 fully saturated rings. The lowest BCUT2D eigenvalue weighted by Crippen LogP contribution is -2.39. The van der Waals surface area contributed by atoms with Gasteiger partial charge in [-0.25, -0.2) is 14.5 Å². The minimum atomic E-state index is -0.614. The Morgan fingerprint density at radius 1 is 1.32 bits per heavy atom. The lowest BCUT2D eigenvalue weighted by Gasteiger charge is -2.17. The summed E-state index contributed by atoms with van der Waals surface area (Å²) in [6.07, 6.45) is 0. The number of fused-ring (bicyclic) bond motifs is 1. The smallest absolute Gasteiger partial charge is 0.324 e. The van der Waals surface area contributed by atoms with Gasteiger partial charge in [0.25, 0.3) is 5.56 Å². The predicted molar refractivity (Wildman–Crippen MR) is 110 cm³/mol. The number of rotatable bonds is 4. The Bertz CT molecular complexity index is 1130. The Kier molecular flexibility index (Phi) is 4.82. The number of thioether (sulfide) groups is 1. The molecule has 28 heavy (non-hydrogen) atoms. The molecule has 1 unspecified atom stereocenters. The largest absolute Gasteiger partial charge is 0.336 e. The highest BCUT2D eigenvalue weighted by atomic mass is 32.2. The van der Waals surface area contributed by atoms with Crippen LogP contribution in [-0.4, -0.2) is 44.8 Å². The van der Waals surface area contributed by atoms with Crippen LogP contribution in [0.2, 0.25) is 0 Å². The zero-order valence-electron chi connectivity index (χ0n) is 14.9. The van der Waals surface area contributed by atoms with Crippen molar-refractivity contribution in [1.29, 1.82) is 0 Å². The highest BCUT2D eigenvalue weighted by Gasteiger charge is 2.31. The number of hydrogen-bond acceptors (Lipinski definition) is 7. The SMILES string of the molecule is CC(Sc1nc2scc(-c3ccccc3)c2c(=O)n1N)C(=O)N1CCNC1=O. The van der Waals surface area contributed by atoms with Gasteiger partial charge in [0.05, 0.1) is 10.6 Å². The highest BCUT2D eigenvalue weighted by molar-refractivity contribution is 8.00. The van der Waals surface area contributed by atoms with Crippen LogP contribution in [0.25, 0.3) is 21.3 Å². The number of urea groups is 1. The topological polar surface area (TPSA) is 110 Å². The normalized spacial score (nSPS) is 15.0. The van der Waals surface area contributed by atoms with Crippen molar-refractivity contribution in [3.8, 4) is 11.1 Å². The maximum Gasteiger partial charge on any atom is 0.324 e. The number of carbonyl (C=O) groups excluding carboxylic acids is 2. The van der Waals surface area contributed by atoms with Crippen molar-refractivity contribution in [2.45, 2.75) is 17.3 Å². The van der Waals surface area contributed by atoms with Gasteiger partial charge in [0.1, 0.15) is 4.83 Å². The summed E-state index contributed by atoms with van der Waals surface area (Å²) in [6, 6.07) is 9.15. The summed E-state index contributed by atoms with van der Waals surface area (Å²) in [5, 5.41) is 4.56. The van der Waals surface area contributed by atoms with E-state index < -0.39 is 11.3 Å². The van der Waals surface area contributed by atoms with Crippen molar-refractivity contribution in [1.82, 2.24) is 19.9 Å². The first-order valence-electron chi connectivity index (χ1n) is 8.58. The molecule has 1 aliphatic heterocycles. The second-order valence-electron chi connectivity index (χ2n) is 6.25. The molecule has 144 valence electrons. The van der Waals surface area contributed by atoms with Gasteiger partial charge in [-0.3, -0.25) is 14.5 Å². The fourth-order valence-corrected chi connectivity index (χ4v) is 4.89. The number of imide groups is 1. The average molecular weight is 416 g/mol. The lowest BCUT2D eigenvalue weighted by molar-refractivity contribution is -0.126. The highest BCUT2D eigenvalue weighted by Crippen LogP contribution is 2.32. The average Bonchev–Trinajstić information content (AvgIpc) is 3.32. The van der Waals surface area contributed by atoms with E-state index in [1.54, 1.807) is 6.92 Å². The number of aromatic nitrogens is 2. The van der Waals surface area contributed by atoms with Gasteiger partial charge >= 0.3 is 6.03 Å². The van der Waals surface area contributed by atoms with E-state index in [9.17, 15) is 14.4 Å². The molecular formula is C18H17N5O3S2. The van der Waals surface area contributed by atoms with Crippen LogP contribution in [0.5, 0.6) is 0 Å². The van der Waals surface area contributed by atoms with Crippen LogP contribution in [0.1, 0.15) is 6.92 Å². The van der Waals surface area contributed by atoms with E-state index in [1.165, 1.54) is 11.3 Å². The number of nitrogens with two attached hydrogens (primary N) is 1. The molecule has 1 saturated heterocycles. The van der Waals surface area contributed by atoms with Crippen LogP contribution >= 0.6 is 23.1 Å². The van der Waals surface area contributed by atoms with Crippen molar-refractivity contribution in [2.24, 2.45) is 0 Å². The second-order valence-corrected chi connectivity index (χ2v) is 8.41. The summed E-state index contributed by atoms with van der Waals surface area (Å²) in [5.74, 6) is 5.66. The van der Waals surface area contributed by atoms with Gasteiger partial charge in [-0.15, -0.1) is 11.3 Å². The third-order valence-corrected chi connectivity index (χ3v) is 6.37. The monoisotopic (exact) mass is 415 g/mol. The summed E-state index contributed by atoms with van der Waals surface area (Å²) < 4.78 is 0.972. The molecule has 0 aliphatic carbocycles. The van der Waals surface area contributed by atoms with Gasteiger partial charge < -0.3 is 11.2 Å². The fraction of sp³-hybridized carbons (Fsp3) is 0.222. The van der Waals surface area contributed by atoms with Gasteiger partial charge in [-0.2, -0.15) is 0 Å². The minimum absolute atomic E-state index is 0.236. The number of nitrogens with zero attached hydrogens (tertiary/aromatic N) is 3. The van der Waals surface area contributed by atoms with E-state index >= 15 is 0 Å². The van der Waals surface area contributed by atoms with Crippen LogP contribution in [0.15, 0.2) is 45.7 Å². The van der Waals surface area contributed by atoms with Gasteiger partial charge in [0, 0.05) is 24.0 Å². The molecule has 1 atom stereocenters. The van der Waals surface area contributed by atoms with Crippen molar-refractivity contribution >= 4 is 45.3 Å². The van der Waals surface area contributed by atoms with Crippen LogP contribution in [-0.2, 0) is 4.79 Å². The molecule has 3 amide bonds. The maximum absolute atomic E-state index is 12.9. The summed E-state index contributed by atoms with van der Waals surface area (Å²) in [6.45, 7) is 2.43. The number of hydrogen-bond donors (Lipinski definition) is 2. The van der Waals surface area contributed by atoms with Gasteiger partial charge in [-0.05, 0) is 12.5 Å². The number of benzene rings is 1. The summed E-state index contributed by atoms with van der Waals surface area (Å²) in [5.41, 5.74) is 1.33. The zero-order chi connectivity index (χ0) is 19.8. The van der Waals surface area contributed by atoms with Crippen molar-refractivity contribution < 1.29 is 9.59 Å². The van der Waals surface area contributed by atoms with Crippen molar-refractivity contribution in [3.05, 3.63) is 46.1 Å². The summed E-state index contributed by atoms with van der Waals surface area (Å²) in [7, 11) is 0. The van der Waals surface area contributed by atoms with Crippen LogP contribution in [0.4, 0.5) is 4.79 Å². The Hall–Kier alpha value is -2.85. The number of nitrogen functional groups attached to an aromatic ring is 1. The zero-order valence-corrected chi connectivity index (χ0v) is 16.5. The van der Waals surface area contributed by atoms with Crippen LogP contribution in [0, 0.1) is 0 Å². The van der Waals surface area contributed by atoms with E-state index in [2.05, 4.69) is 10.3 Å². The number of carbonyl (C=O) groups is 2. The number of thiophene rings is 1. The molecule has 3 N–H and O–H groups in total. The third-order valence-electron chi connectivity index (χ3n) is 4.45. The standard InChI is InChI=1S/C18H17N5O3S2/c1-10(15(24)22-8-7-20-17(22)26)28-18-21-14-13(16(25)23(18)19)12(9-27-14)11-5-3-2-4-6-11/h2-6,9-10H,7-8,19H2,1H3,(H,20,26). The lowest BCUT2D eigenvalue weighted by atomic mass is 10.1. The third kappa shape index (κ3) is 3.14. The van der Waals surface area contributed by atoms with E-state index in [-0.39, 0.29) is 16.6 Å². The molecule has 3 heterocycles. The Balaban J connectivity index is 1.68. The first kappa shape index (κ1) is 18.5. The molecule has 0 radical (unpaired) electrons. The van der Waals surface area contributed by atoms with Gasteiger partial charge in [-0.1, -0.05) is 42.1 Å². The molecule has 2 aromatic heterocycles. The maximum atomic E-state index is 12.9.